The largest absolute Gasteiger partial charge is 0.484 e. The summed E-state index contributed by atoms with van der Waals surface area (Å²) in [6.07, 6.45) is 0.857. The Labute approximate surface area is 124 Å². The number of rotatable bonds is 6. The number of aryl methyl sites for hydroxylation is 1. The molecule has 0 unspecified atom stereocenters. The monoisotopic (exact) mass is 285 g/mol. The maximum Gasteiger partial charge on any atom is 0.262 e. The van der Waals surface area contributed by atoms with E-state index in [1.807, 2.05) is 31.2 Å². The summed E-state index contributed by atoms with van der Waals surface area (Å²) in [6, 6.07) is 14.8. The SMILES string of the molecule is CCc1ccccc1NC(=O)COc1cccc(CO)c1. The first kappa shape index (κ1) is 15.1. The smallest absolute Gasteiger partial charge is 0.262 e. The minimum atomic E-state index is -0.203. The van der Waals surface area contributed by atoms with Crippen LogP contribution >= 0.6 is 0 Å². The van der Waals surface area contributed by atoms with E-state index in [1.54, 1.807) is 24.3 Å². The van der Waals surface area contributed by atoms with E-state index in [-0.39, 0.29) is 19.1 Å². The number of hydrogen-bond acceptors (Lipinski definition) is 3. The molecule has 0 aromatic heterocycles. The number of aliphatic hydroxyl groups excluding tert-OH is 1. The highest BCUT2D eigenvalue weighted by molar-refractivity contribution is 5.92. The minimum Gasteiger partial charge on any atom is -0.484 e. The van der Waals surface area contributed by atoms with Crippen molar-refractivity contribution >= 4 is 11.6 Å². The molecule has 0 aliphatic heterocycles. The molecule has 4 heteroatoms. The summed E-state index contributed by atoms with van der Waals surface area (Å²) >= 11 is 0. The maximum absolute atomic E-state index is 11.9. The molecule has 2 N–H and O–H groups in total. The molecular formula is C17H19NO3. The molecule has 0 saturated carbocycles. The lowest BCUT2D eigenvalue weighted by atomic mass is 10.1. The van der Waals surface area contributed by atoms with Crippen LogP contribution in [0.5, 0.6) is 5.75 Å². The lowest BCUT2D eigenvalue weighted by Gasteiger charge is -2.11. The van der Waals surface area contributed by atoms with Gasteiger partial charge in [0, 0.05) is 5.69 Å². The van der Waals surface area contributed by atoms with Gasteiger partial charge in [-0.1, -0.05) is 37.3 Å². The first-order chi connectivity index (χ1) is 10.2. The molecule has 0 heterocycles. The zero-order valence-electron chi connectivity index (χ0n) is 12.0. The van der Waals surface area contributed by atoms with E-state index in [0.29, 0.717) is 5.75 Å². The van der Waals surface area contributed by atoms with Crippen molar-refractivity contribution in [1.82, 2.24) is 0 Å². The van der Waals surface area contributed by atoms with Crippen LogP contribution in [0, 0.1) is 0 Å². The quantitative estimate of drug-likeness (QED) is 0.858. The van der Waals surface area contributed by atoms with Gasteiger partial charge in [0.1, 0.15) is 5.75 Å². The van der Waals surface area contributed by atoms with E-state index in [4.69, 9.17) is 9.84 Å². The Balaban J connectivity index is 1.92. The number of benzene rings is 2. The third kappa shape index (κ3) is 4.33. The van der Waals surface area contributed by atoms with Gasteiger partial charge in [-0.25, -0.2) is 0 Å². The van der Waals surface area contributed by atoms with Crippen molar-refractivity contribution in [2.24, 2.45) is 0 Å². The summed E-state index contributed by atoms with van der Waals surface area (Å²) in [5.41, 5.74) is 2.66. The Morgan fingerprint density at radius 2 is 2.00 bits per heavy atom. The third-order valence-electron chi connectivity index (χ3n) is 3.12. The molecule has 0 saturated heterocycles. The topological polar surface area (TPSA) is 58.6 Å². The van der Waals surface area contributed by atoms with E-state index in [0.717, 1.165) is 23.2 Å². The molecule has 110 valence electrons. The van der Waals surface area contributed by atoms with Gasteiger partial charge in [-0.05, 0) is 35.7 Å². The number of aliphatic hydroxyl groups is 1. The number of carbonyl (C=O) groups is 1. The van der Waals surface area contributed by atoms with Crippen LogP contribution in [0.15, 0.2) is 48.5 Å². The van der Waals surface area contributed by atoms with E-state index in [1.165, 1.54) is 0 Å². The number of nitrogens with one attached hydrogen (secondary N) is 1. The van der Waals surface area contributed by atoms with E-state index >= 15 is 0 Å². The molecule has 0 fully saturated rings. The highest BCUT2D eigenvalue weighted by Crippen LogP contribution is 2.16. The summed E-state index contributed by atoms with van der Waals surface area (Å²) in [5.74, 6) is 0.366. The third-order valence-corrected chi connectivity index (χ3v) is 3.12. The predicted molar refractivity (Wildman–Crippen MR) is 82.3 cm³/mol. The number of anilines is 1. The molecule has 2 rings (SSSR count). The highest BCUT2D eigenvalue weighted by atomic mass is 16.5. The molecule has 0 aliphatic rings. The van der Waals surface area contributed by atoms with Crippen LogP contribution in [0.25, 0.3) is 0 Å². The summed E-state index contributed by atoms with van der Waals surface area (Å²) in [7, 11) is 0. The highest BCUT2D eigenvalue weighted by Gasteiger charge is 2.06. The second-order valence-electron chi connectivity index (χ2n) is 4.65. The van der Waals surface area contributed by atoms with Crippen LogP contribution in [-0.4, -0.2) is 17.6 Å². The van der Waals surface area contributed by atoms with Gasteiger partial charge in [-0.2, -0.15) is 0 Å². The van der Waals surface area contributed by atoms with Crippen molar-refractivity contribution in [2.75, 3.05) is 11.9 Å². The lowest BCUT2D eigenvalue weighted by Crippen LogP contribution is -2.20. The van der Waals surface area contributed by atoms with Crippen molar-refractivity contribution in [1.29, 1.82) is 0 Å². The molecule has 2 aromatic rings. The van der Waals surface area contributed by atoms with E-state index in [2.05, 4.69) is 5.32 Å². The number of para-hydroxylation sites is 1. The normalized spacial score (nSPS) is 10.2. The minimum absolute atomic E-state index is 0.0483. The van der Waals surface area contributed by atoms with Crippen LogP contribution in [0.2, 0.25) is 0 Å². The summed E-state index contributed by atoms with van der Waals surface area (Å²) in [5, 5.41) is 11.9. The number of ether oxygens (including phenoxy) is 1. The van der Waals surface area contributed by atoms with Gasteiger partial charge in [-0.15, -0.1) is 0 Å². The molecule has 0 aliphatic carbocycles. The van der Waals surface area contributed by atoms with Crippen molar-refractivity contribution in [3.05, 3.63) is 59.7 Å². The second-order valence-corrected chi connectivity index (χ2v) is 4.65. The fraction of sp³-hybridized carbons (Fsp3) is 0.235. The lowest BCUT2D eigenvalue weighted by molar-refractivity contribution is -0.118. The summed E-state index contributed by atoms with van der Waals surface area (Å²) in [6.45, 7) is 1.93. The first-order valence-corrected chi connectivity index (χ1v) is 6.93. The van der Waals surface area contributed by atoms with Gasteiger partial charge in [-0.3, -0.25) is 4.79 Å². The number of carbonyl (C=O) groups excluding carboxylic acids is 1. The molecule has 0 atom stereocenters. The predicted octanol–water partition coefficient (Wildman–Crippen LogP) is 2.76. The van der Waals surface area contributed by atoms with E-state index in [9.17, 15) is 4.79 Å². The average Bonchev–Trinajstić information content (AvgIpc) is 2.53. The molecule has 0 radical (unpaired) electrons. The summed E-state index contributed by atoms with van der Waals surface area (Å²) in [4.78, 5) is 11.9. The fourth-order valence-electron chi connectivity index (χ4n) is 2.02. The van der Waals surface area contributed by atoms with Gasteiger partial charge >= 0.3 is 0 Å². The molecule has 0 bridgehead atoms. The van der Waals surface area contributed by atoms with Crippen LogP contribution in [0.1, 0.15) is 18.1 Å². The Morgan fingerprint density at radius 3 is 2.76 bits per heavy atom. The number of hydrogen-bond donors (Lipinski definition) is 2. The van der Waals surface area contributed by atoms with Crippen LogP contribution < -0.4 is 10.1 Å². The second kappa shape index (κ2) is 7.45. The van der Waals surface area contributed by atoms with Crippen LogP contribution in [0.4, 0.5) is 5.69 Å². The molecule has 0 spiro atoms. The number of amides is 1. The van der Waals surface area contributed by atoms with Crippen molar-refractivity contribution in [3.63, 3.8) is 0 Å². The van der Waals surface area contributed by atoms with Gasteiger partial charge in [0.2, 0.25) is 0 Å². The van der Waals surface area contributed by atoms with Crippen LogP contribution in [-0.2, 0) is 17.8 Å². The van der Waals surface area contributed by atoms with Crippen molar-refractivity contribution < 1.29 is 14.6 Å². The Hall–Kier alpha value is -2.33. The maximum atomic E-state index is 11.9. The zero-order chi connectivity index (χ0) is 15.1. The van der Waals surface area contributed by atoms with E-state index < -0.39 is 0 Å². The van der Waals surface area contributed by atoms with Gasteiger partial charge in [0.25, 0.3) is 5.91 Å². The average molecular weight is 285 g/mol. The first-order valence-electron chi connectivity index (χ1n) is 6.93. The van der Waals surface area contributed by atoms with Gasteiger partial charge in [0.05, 0.1) is 6.61 Å². The zero-order valence-corrected chi connectivity index (χ0v) is 12.0. The Morgan fingerprint density at radius 1 is 1.19 bits per heavy atom. The molecule has 2 aromatic carbocycles. The standard InChI is InChI=1S/C17H19NO3/c1-2-14-7-3-4-9-16(14)18-17(20)12-21-15-8-5-6-13(10-15)11-19/h3-10,19H,2,11-12H2,1H3,(H,18,20). The van der Waals surface area contributed by atoms with Crippen molar-refractivity contribution in [2.45, 2.75) is 20.0 Å². The molecule has 21 heavy (non-hydrogen) atoms. The summed E-state index contributed by atoms with van der Waals surface area (Å²) < 4.78 is 5.43. The Kier molecular flexibility index (Phi) is 5.35. The molecule has 1 amide bonds. The molecular weight excluding hydrogens is 266 g/mol. The fourth-order valence-corrected chi connectivity index (χ4v) is 2.02. The molecule has 4 nitrogen and oxygen atoms in total. The van der Waals surface area contributed by atoms with Crippen molar-refractivity contribution in [3.8, 4) is 5.75 Å². The van der Waals surface area contributed by atoms with Gasteiger partial charge < -0.3 is 15.2 Å². The van der Waals surface area contributed by atoms with Crippen LogP contribution in [0.3, 0.4) is 0 Å². The van der Waals surface area contributed by atoms with Gasteiger partial charge in [0.15, 0.2) is 6.61 Å². The Bertz CT molecular complexity index is 610.